The molecule has 24 heavy (non-hydrogen) atoms. The molecule has 0 unspecified atom stereocenters. The summed E-state index contributed by atoms with van der Waals surface area (Å²) in [6.45, 7) is 6.58. The van der Waals surface area contributed by atoms with Crippen LogP contribution in [-0.4, -0.2) is 34.2 Å². The smallest absolute Gasteiger partial charge is 0.359 e. The van der Waals surface area contributed by atoms with Crippen molar-refractivity contribution in [2.24, 2.45) is 0 Å². The Labute approximate surface area is 144 Å². The number of hydrogen-bond donors (Lipinski definition) is 2. The van der Waals surface area contributed by atoms with Crippen LogP contribution in [0, 0.1) is 0 Å². The Morgan fingerprint density at radius 3 is 2.83 bits per heavy atom. The molecule has 1 aromatic heterocycles. The normalized spacial score (nSPS) is 18.2. The number of nitrogens with zero attached hydrogens (tertiary/aromatic N) is 3. The van der Waals surface area contributed by atoms with Crippen molar-refractivity contribution >= 4 is 29.1 Å². The number of nitrogens with one attached hydrogen (secondary N) is 2. The van der Waals surface area contributed by atoms with Crippen molar-refractivity contribution < 1.29 is 13.2 Å². The molecule has 0 amide bonds. The standard InChI is InChI=1S/C15H20F3N5S/c1-3-7-19-14(24)22-13-20-11(15(16,17)18)9-12(21-13)23-8-5-4-6-10(23)2/h3,9-10H,1,4-8H2,2H3,(H2,19,20,21,22,24)/t10-/m0/s1. The van der Waals surface area contributed by atoms with E-state index in [1.807, 2.05) is 11.8 Å². The first-order chi connectivity index (χ1) is 11.3. The Morgan fingerprint density at radius 2 is 2.21 bits per heavy atom. The van der Waals surface area contributed by atoms with Crippen molar-refractivity contribution in [3.63, 3.8) is 0 Å². The van der Waals surface area contributed by atoms with Crippen LogP contribution in [0.25, 0.3) is 0 Å². The van der Waals surface area contributed by atoms with Crippen molar-refractivity contribution in [1.82, 2.24) is 15.3 Å². The summed E-state index contributed by atoms with van der Waals surface area (Å²) in [6, 6.07) is 1.13. The van der Waals surface area contributed by atoms with E-state index in [0.29, 0.717) is 13.1 Å². The molecule has 2 rings (SSSR count). The summed E-state index contributed by atoms with van der Waals surface area (Å²) in [5, 5.41) is 5.53. The van der Waals surface area contributed by atoms with Crippen molar-refractivity contribution in [1.29, 1.82) is 0 Å². The fourth-order valence-electron chi connectivity index (χ4n) is 2.53. The Balaban J connectivity index is 2.31. The van der Waals surface area contributed by atoms with Crippen LogP contribution in [0.3, 0.4) is 0 Å². The van der Waals surface area contributed by atoms with Gasteiger partial charge in [0.15, 0.2) is 10.8 Å². The van der Waals surface area contributed by atoms with E-state index in [2.05, 4.69) is 27.2 Å². The highest BCUT2D eigenvalue weighted by Crippen LogP contribution is 2.32. The van der Waals surface area contributed by atoms with Gasteiger partial charge in [0.25, 0.3) is 0 Å². The van der Waals surface area contributed by atoms with Gasteiger partial charge in [-0.25, -0.2) is 4.98 Å². The molecule has 1 saturated heterocycles. The minimum absolute atomic E-state index is 0.133. The largest absolute Gasteiger partial charge is 0.433 e. The number of alkyl halides is 3. The molecule has 0 radical (unpaired) electrons. The molecule has 2 N–H and O–H groups in total. The zero-order valence-corrected chi connectivity index (χ0v) is 14.2. The number of thiocarbonyl (C=S) groups is 1. The molecule has 1 fully saturated rings. The minimum atomic E-state index is -4.55. The quantitative estimate of drug-likeness (QED) is 0.635. The first kappa shape index (κ1) is 18.4. The number of anilines is 2. The minimum Gasteiger partial charge on any atom is -0.359 e. The van der Waals surface area contributed by atoms with Crippen LogP contribution < -0.4 is 15.5 Å². The molecule has 0 bridgehead atoms. The monoisotopic (exact) mass is 359 g/mol. The van der Waals surface area contributed by atoms with Gasteiger partial charge in [-0.2, -0.15) is 18.2 Å². The van der Waals surface area contributed by atoms with Gasteiger partial charge in [0.1, 0.15) is 5.82 Å². The van der Waals surface area contributed by atoms with E-state index in [1.165, 1.54) is 0 Å². The maximum absolute atomic E-state index is 13.2. The van der Waals surface area contributed by atoms with E-state index in [9.17, 15) is 13.2 Å². The number of hydrogen-bond acceptors (Lipinski definition) is 4. The van der Waals surface area contributed by atoms with Crippen molar-refractivity contribution in [3.8, 4) is 0 Å². The summed E-state index contributed by atoms with van der Waals surface area (Å²) in [4.78, 5) is 9.65. The maximum atomic E-state index is 13.2. The Kier molecular flexibility index (Phi) is 5.98. The van der Waals surface area contributed by atoms with E-state index >= 15 is 0 Å². The van der Waals surface area contributed by atoms with Gasteiger partial charge in [0, 0.05) is 25.2 Å². The predicted octanol–water partition coefficient (Wildman–Crippen LogP) is 3.35. The number of aromatic nitrogens is 2. The molecule has 0 saturated carbocycles. The summed E-state index contributed by atoms with van der Waals surface area (Å²) in [6.07, 6.45) is -0.0498. The molecule has 132 valence electrons. The van der Waals surface area contributed by atoms with Crippen LogP contribution in [0.5, 0.6) is 0 Å². The molecule has 9 heteroatoms. The van der Waals surface area contributed by atoms with Crippen molar-refractivity contribution in [2.75, 3.05) is 23.3 Å². The average molecular weight is 359 g/mol. The van der Waals surface area contributed by atoms with Crippen LogP contribution >= 0.6 is 12.2 Å². The fraction of sp³-hybridized carbons (Fsp3) is 0.533. The van der Waals surface area contributed by atoms with E-state index in [4.69, 9.17) is 12.2 Å². The first-order valence-electron chi connectivity index (χ1n) is 7.70. The Morgan fingerprint density at radius 1 is 1.46 bits per heavy atom. The van der Waals surface area contributed by atoms with Gasteiger partial charge in [-0.05, 0) is 38.4 Å². The first-order valence-corrected chi connectivity index (χ1v) is 8.10. The highest BCUT2D eigenvalue weighted by Gasteiger charge is 2.35. The van der Waals surface area contributed by atoms with Crippen LogP contribution in [0.15, 0.2) is 18.7 Å². The third kappa shape index (κ3) is 4.80. The van der Waals surface area contributed by atoms with Gasteiger partial charge < -0.3 is 15.5 Å². The molecule has 0 spiro atoms. The molecule has 0 aliphatic carbocycles. The summed E-state index contributed by atoms with van der Waals surface area (Å²) >= 11 is 5.02. The van der Waals surface area contributed by atoms with Gasteiger partial charge in [-0.1, -0.05) is 6.08 Å². The summed E-state index contributed by atoms with van der Waals surface area (Å²) in [5.74, 6) is 0.0951. The van der Waals surface area contributed by atoms with Crippen LogP contribution in [0.2, 0.25) is 0 Å². The van der Waals surface area contributed by atoms with E-state index in [-0.39, 0.29) is 22.9 Å². The molecule has 1 aliphatic heterocycles. The Hall–Kier alpha value is -1.90. The van der Waals surface area contributed by atoms with Crippen molar-refractivity contribution in [2.45, 2.75) is 38.4 Å². The van der Waals surface area contributed by atoms with E-state index < -0.39 is 11.9 Å². The second kappa shape index (κ2) is 7.78. The van der Waals surface area contributed by atoms with Gasteiger partial charge in [-0.15, -0.1) is 6.58 Å². The number of rotatable bonds is 4. The molecule has 5 nitrogen and oxygen atoms in total. The Bertz CT molecular complexity index is 605. The molecular weight excluding hydrogens is 339 g/mol. The van der Waals surface area contributed by atoms with Gasteiger partial charge in [0.2, 0.25) is 5.95 Å². The fourth-order valence-corrected chi connectivity index (χ4v) is 2.71. The molecule has 1 atom stereocenters. The lowest BCUT2D eigenvalue weighted by Gasteiger charge is -2.34. The van der Waals surface area contributed by atoms with Crippen LogP contribution in [0.4, 0.5) is 24.9 Å². The number of halogens is 3. The highest BCUT2D eigenvalue weighted by molar-refractivity contribution is 7.80. The predicted molar refractivity (Wildman–Crippen MR) is 92.1 cm³/mol. The lowest BCUT2D eigenvalue weighted by Crippen LogP contribution is -2.38. The molecule has 1 aromatic rings. The van der Waals surface area contributed by atoms with Crippen LogP contribution in [0.1, 0.15) is 31.9 Å². The highest BCUT2D eigenvalue weighted by atomic mass is 32.1. The molecule has 2 heterocycles. The van der Waals surface area contributed by atoms with E-state index in [0.717, 1.165) is 25.3 Å². The van der Waals surface area contributed by atoms with Crippen LogP contribution in [-0.2, 0) is 6.18 Å². The lowest BCUT2D eigenvalue weighted by atomic mass is 10.0. The SMILES string of the molecule is C=CCNC(=S)Nc1nc(N2CCCC[C@@H]2C)cc(C(F)(F)F)n1. The van der Waals surface area contributed by atoms with Gasteiger partial charge in [0.05, 0.1) is 0 Å². The third-order valence-corrected chi connectivity index (χ3v) is 3.98. The van der Waals surface area contributed by atoms with Gasteiger partial charge in [-0.3, -0.25) is 0 Å². The zero-order valence-electron chi connectivity index (χ0n) is 13.4. The topological polar surface area (TPSA) is 53.1 Å². The molecule has 1 aliphatic rings. The third-order valence-electron chi connectivity index (χ3n) is 3.73. The average Bonchev–Trinajstić information content (AvgIpc) is 2.52. The van der Waals surface area contributed by atoms with E-state index in [1.54, 1.807) is 6.08 Å². The zero-order chi connectivity index (χ0) is 17.7. The lowest BCUT2D eigenvalue weighted by molar-refractivity contribution is -0.141. The summed E-state index contributed by atoms with van der Waals surface area (Å²) < 4.78 is 39.5. The maximum Gasteiger partial charge on any atom is 0.433 e. The summed E-state index contributed by atoms with van der Waals surface area (Å²) in [7, 11) is 0. The molecular formula is C15H20F3N5S. The number of piperidine rings is 1. The van der Waals surface area contributed by atoms with Crippen molar-refractivity contribution in [3.05, 3.63) is 24.4 Å². The second-order valence-corrected chi connectivity index (χ2v) is 6.00. The second-order valence-electron chi connectivity index (χ2n) is 5.59. The summed E-state index contributed by atoms with van der Waals surface area (Å²) in [5.41, 5.74) is -0.987. The molecule has 0 aromatic carbocycles. The van der Waals surface area contributed by atoms with Gasteiger partial charge >= 0.3 is 6.18 Å².